The van der Waals surface area contributed by atoms with Crippen molar-refractivity contribution in [1.82, 2.24) is 5.01 Å². The van der Waals surface area contributed by atoms with Crippen LogP contribution in [-0.2, 0) is 16.0 Å². The third kappa shape index (κ3) is 4.90. The topological polar surface area (TPSA) is 51.1 Å². The Kier molecular flexibility index (Phi) is 7.00. The average Bonchev–Trinajstić information content (AvgIpc) is 3.16. The normalized spacial score (nSPS) is 18.7. The molecule has 1 heterocycles. The predicted molar refractivity (Wildman–Crippen MR) is 111 cm³/mol. The lowest BCUT2D eigenvalue weighted by Crippen LogP contribution is -2.58. The number of ether oxygens (including phenoxy) is 2. The first kappa shape index (κ1) is 22.8. The summed E-state index contributed by atoms with van der Waals surface area (Å²) in [5.74, 6) is -0.235. The zero-order chi connectivity index (χ0) is 22.5. The highest BCUT2D eigenvalue weighted by molar-refractivity contribution is 6.03. The largest absolute Gasteiger partial charge is 0.497 e. The SMILES string of the molecule is CCOC1(C(F)(F)F)CC(c2cccc(OC)c2)=NN1C(=O)CCCc1ccccc1. The van der Waals surface area contributed by atoms with Gasteiger partial charge in [0.15, 0.2) is 0 Å². The Balaban J connectivity index is 1.87. The fraction of sp³-hybridized carbons (Fsp3) is 0.391. The molecule has 2 aromatic carbocycles. The number of hydrogen-bond donors (Lipinski definition) is 0. The molecule has 0 N–H and O–H groups in total. The van der Waals surface area contributed by atoms with Gasteiger partial charge in [-0.3, -0.25) is 4.79 Å². The molecule has 1 amide bonds. The second kappa shape index (κ2) is 9.51. The third-order valence-corrected chi connectivity index (χ3v) is 5.13. The molecular formula is C23H25F3N2O3. The molecule has 0 fully saturated rings. The van der Waals surface area contributed by atoms with Gasteiger partial charge in [-0.15, -0.1) is 0 Å². The Morgan fingerprint density at radius 2 is 1.90 bits per heavy atom. The van der Waals surface area contributed by atoms with Crippen LogP contribution in [0.15, 0.2) is 59.7 Å². The molecule has 0 aliphatic carbocycles. The van der Waals surface area contributed by atoms with Crippen molar-refractivity contribution in [2.75, 3.05) is 13.7 Å². The summed E-state index contributed by atoms with van der Waals surface area (Å²) in [7, 11) is 1.47. The quantitative estimate of drug-likeness (QED) is 0.591. The van der Waals surface area contributed by atoms with Crippen molar-refractivity contribution in [1.29, 1.82) is 0 Å². The molecule has 0 radical (unpaired) electrons. The van der Waals surface area contributed by atoms with Gasteiger partial charge in [0.25, 0.3) is 5.72 Å². The van der Waals surface area contributed by atoms with Gasteiger partial charge >= 0.3 is 6.18 Å². The van der Waals surface area contributed by atoms with E-state index < -0.39 is 24.2 Å². The van der Waals surface area contributed by atoms with Crippen LogP contribution in [0.1, 0.15) is 37.3 Å². The summed E-state index contributed by atoms with van der Waals surface area (Å²) < 4.78 is 53.0. The van der Waals surface area contributed by atoms with Crippen molar-refractivity contribution in [2.45, 2.75) is 44.5 Å². The molecule has 31 heavy (non-hydrogen) atoms. The minimum Gasteiger partial charge on any atom is -0.497 e. The predicted octanol–water partition coefficient (Wildman–Crippen LogP) is 4.95. The van der Waals surface area contributed by atoms with E-state index in [0.29, 0.717) is 29.2 Å². The summed E-state index contributed by atoms with van der Waals surface area (Å²) in [5, 5.41) is 4.59. The number of aryl methyl sites for hydroxylation is 1. The zero-order valence-electron chi connectivity index (χ0n) is 17.5. The summed E-state index contributed by atoms with van der Waals surface area (Å²) in [6.45, 7) is 1.25. The molecule has 0 aromatic heterocycles. The molecule has 166 valence electrons. The van der Waals surface area contributed by atoms with Crippen molar-refractivity contribution < 1.29 is 27.4 Å². The maximum absolute atomic E-state index is 14.2. The highest BCUT2D eigenvalue weighted by Gasteiger charge is 2.65. The lowest BCUT2D eigenvalue weighted by molar-refractivity contribution is -0.318. The number of nitrogens with zero attached hydrogens (tertiary/aromatic N) is 2. The highest BCUT2D eigenvalue weighted by atomic mass is 19.4. The number of hydrazone groups is 1. The molecule has 2 aromatic rings. The van der Waals surface area contributed by atoms with Gasteiger partial charge in [-0.25, -0.2) is 0 Å². The van der Waals surface area contributed by atoms with Crippen LogP contribution in [-0.4, -0.2) is 42.2 Å². The molecule has 0 saturated carbocycles. The van der Waals surface area contributed by atoms with Crippen LogP contribution in [0.3, 0.4) is 0 Å². The molecule has 1 atom stereocenters. The van der Waals surface area contributed by atoms with Crippen LogP contribution >= 0.6 is 0 Å². The van der Waals surface area contributed by atoms with Gasteiger partial charge in [0.05, 0.1) is 19.2 Å². The first-order chi connectivity index (χ1) is 14.8. The second-order valence-electron chi connectivity index (χ2n) is 7.22. The van der Waals surface area contributed by atoms with Gasteiger partial charge in [-0.2, -0.15) is 23.3 Å². The summed E-state index contributed by atoms with van der Waals surface area (Å²) in [5.41, 5.74) is -1.22. The van der Waals surface area contributed by atoms with Crippen LogP contribution in [0.2, 0.25) is 0 Å². The Bertz CT molecular complexity index is 931. The van der Waals surface area contributed by atoms with Gasteiger partial charge in [0, 0.05) is 18.6 Å². The molecule has 1 aliphatic heterocycles. The van der Waals surface area contributed by atoms with E-state index in [1.54, 1.807) is 24.3 Å². The van der Waals surface area contributed by atoms with Gasteiger partial charge in [-0.05, 0) is 37.5 Å². The summed E-state index contributed by atoms with van der Waals surface area (Å²) in [6.07, 6.45) is -4.48. The van der Waals surface area contributed by atoms with Crippen LogP contribution in [0, 0.1) is 0 Å². The molecule has 5 nitrogen and oxygen atoms in total. The Labute approximate surface area is 179 Å². The van der Waals surface area contributed by atoms with E-state index in [9.17, 15) is 18.0 Å². The number of benzene rings is 2. The first-order valence-electron chi connectivity index (χ1n) is 10.1. The fourth-order valence-electron chi connectivity index (χ4n) is 3.61. The minimum absolute atomic E-state index is 0.0747. The number of halogens is 3. The summed E-state index contributed by atoms with van der Waals surface area (Å²) >= 11 is 0. The number of alkyl halides is 3. The lowest BCUT2D eigenvalue weighted by Gasteiger charge is -2.37. The number of carbonyl (C=O) groups is 1. The zero-order valence-corrected chi connectivity index (χ0v) is 17.5. The van der Waals surface area contributed by atoms with E-state index in [-0.39, 0.29) is 18.7 Å². The van der Waals surface area contributed by atoms with Gasteiger partial charge in [-0.1, -0.05) is 42.5 Å². The minimum atomic E-state index is -4.82. The average molecular weight is 434 g/mol. The third-order valence-electron chi connectivity index (χ3n) is 5.13. The van der Waals surface area contributed by atoms with E-state index in [1.165, 1.54) is 14.0 Å². The van der Waals surface area contributed by atoms with Gasteiger partial charge in [0.2, 0.25) is 5.91 Å². The number of methoxy groups -OCH3 is 1. The van der Waals surface area contributed by atoms with Crippen LogP contribution in [0.25, 0.3) is 0 Å². The van der Waals surface area contributed by atoms with Gasteiger partial charge in [0.1, 0.15) is 5.75 Å². The number of carbonyl (C=O) groups excluding carboxylic acids is 1. The van der Waals surface area contributed by atoms with Gasteiger partial charge < -0.3 is 9.47 Å². The van der Waals surface area contributed by atoms with E-state index in [0.717, 1.165) is 5.56 Å². The van der Waals surface area contributed by atoms with Crippen molar-refractivity contribution in [3.63, 3.8) is 0 Å². The highest BCUT2D eigenvalue weighted by Crippen LogP contribution is 2.44. The first-order valence-corrected chi connectivity index (χ1v) is 10.1. The number of rotatable bonds is 8. The molecular weight excluding hydrogens is 409 g/mol. The Morgan fingerprint density at radius 1 is 1.16 bits per heavy atom. The maximum atomic E-state index is 14.2. The molecule has 3 rings (SSSR count). The van der Waals surface area contributed by atoms with Crippen molar-refractivity contribution in [3.05, 3.63) is 65.7 Å². The van der Waals surface area contributed by atoms with Crippen LogP contribution < -0.4 is 4.74 Å². The monoisotopic (exact) mass is 434 g/mol. The molecule has 8 heteroatoms. The molecule has 0 spiro atoms. The fourth-order valence-corrected chi connectivity index (χ4v) is 3.61. The van der Waals surface area contributed by atoms with E-state index in [1.807, 2.05) is 30.3 Å². The van der Waals surface area contributed by atoms with E-state index in [4.69, 9.17) is 9.47 Å². The maximum Gasteiger partial charge on any atom is 0.439 e. The van der Waals surface area contributed by atoms with Crippen molar-refractivity contribution >= 4 is 11.6 Å². The summed E-state index contributed by atoms with van der Waals surface area (Å²) in [4.78, 5) is 12.9. The molecule has 0 bridgehead atoms. The Morgan fingerprint density at radius 3 is 2.55 bits per heavy atom. The Hall–Kier alpha value is -2.87. The lowest BCUT2D eigenvalue weighted by atomic mass is 10.00. The number of hydrogen-bond acceptors (Lipinski definition) is 4. The standard InChI is InChI=1S/C23H25F3N2O3/c1-3-31-22(23(24,25)26)16-20(18-12-8-13-19(15-18)30-2)27-28(22)21(29)14-7-11-17-9-5-4-6-10-17/h4-6,8-10,12-13,15H,3,7,11,14,16H2,1-2H3. The second-order valence-corrected chi connectivity index (χ2v) is 7.22. The van der Waals surface area contributed by atoms with Crippen molar-refractivity contribution in [3.8, 4) is 5.75 Å². The van der Waals surface area contributed by atoms with Crippen LogP contribution in [0.5, 0.6) is 5.75 Å². The molecule has 0 saturated heterocycles. The van der Waals surface area contributed by atoms with Crippen LogP contribution in [0.4, 0.5) is 13.2 Å². The molecule has 1 unspecified atom stereocenters. The van der Waals surface area contributed by atoms with E-state index in [2.05, 4.69) is 5.10 Å². The number of amides is 1. The van der Waals surface area contributed by atoms with E-state index >= 15 is 0 Å². The molecule has 1 aliphatic rings. The van der Waals surface area contributed by atoms with Crippen molar-refractivity contribution in [2.24, 2.45) is 5.10 Å². The summed E-state index contributed by atoms with van der Waals surface area (Å²) in [6, 6.07) is 16.1. The smallest absolute Gasteiger partial charge is 0.439 e.